The number of hydrogen-bond acceptors (Lipinski definition) is 3. The molecule has 0 amide bonds. The van der Waals surface area contributed by atoms with Crippen LogP contribution in [0.1, 0.15) is 32.4 Å². The highest BCUT2D eigenvalue weighted by molar-refractivity contribution is 8.00. The third-order valence-electron chi connectivity index (χ3n) is 3.40. The zero-order valence-corrected chi connectivity index (χ0v) is 11.6. The Bertz CT molecular complexity index is 297. The molecule has 0 aliphatic carbocycles. The van der Waals surface area contributed by atoms with E-state index in [1.165, 1.54) is 18.5 Å². The standard InChI is InChI=1S/C12H23N3S/c1-5-12(6-2,16-4)10-13-9-11-7-8-14-15(11)3/h7-8,13H,5-6,9-10H2,1-4H3. The topological polar surface area (TPSA) is 29.9 Å². The minimum absolute atomic E-state index is 0.387. The Morgan fingerprint density at radius 1 is 1.44 bits per heavy atom. The summed E-state index contributed by atoms with van der Waals surface area (Å²) in [6.45, 7) is 6.50. The molecule has 0 radical (unpaired) electrons. The van der Waals surface area contributed by atoms with Gasteiger partial charge < -0.3 is 5.32 Å². The third-order valence-corrected chi connectivity index (χ3v) is 4.99. The van der Waals surface area contributed by atoms with Crippen molar-refractivity contribution in [3.05, 3.63) is 18.0 Å². The van der Waals surface area contributed by atoms with Crippen LogP contribution in [0.25, 0.3) is 0 Å². The van der Waals surface area contributed by atoms with Crippen LogP contribution >= 0.6 is 11.8 Å². The lowest BCUT2D eigenvalue weighted by atomic mass is 10.0. The van der Waals surface area contributed by atoms with E-state index in [2.05, 4.69) is 36.6 Å². The van der Waals surface area contributed by atoms with Crippen molar-refractivity contribution in [3.63, 3.8) is 0 Å². The summed E-state index contributed by atoms with van der Waals surface area (Å²) in [6, 6.07) is 2.06. The highest BCUT2D eigenvalue weighted by Gasteiger charge is 2.24. The number of aromatic nitrogens is 2. The molecule has 0 atom stereocenters. The Morgan fingerprint density at radius 2 is 2.12 bits per heavy atom. The minimum atomic E-state index is 0.387. The van der Waals surface area contributed by atoms with Crippen molar-refractivity contribution in [2.45, 2.75) is 38.0 Å². The van der Waals surface area contributed by atoms with Gasteiger partial charge in [0, 0.05) is 31.1 Å². The molecule has 4 heteroatoms. The normalized spacial score (nSPS) is 12.0. The maximum absolute atomic E-state index is 4.16. The van der Waals surface area contributed by atoms with Crippen molar-refractivity contribution in [2.24, 2.45) is 7.05 Å². The summed E-state index contributed by atoms with van der Waals surface area (Å²) >= 11 is 1.97. The summed E-state index contributed by atoms with van der Waals surface area (Å²) in [6.07, 6.45) is 6.48. The number of rotatable bonds is 7. The largest absolute Gasteiger partial charge is 0.310 e. The monoisotopic (exact) mass is 241 g/mol. The van der Waals surface area contributed by atoms with Crippen LogP contribution in [-0.2, 0) is 13.6 Å². The first kappa shape index (κ1) is 13.6. The summed E-state index contributed by atoms with van der Waals surface area (Å²) in [5, 5.41) is 7.70. The van der Waals surface area contributed by atoms with E-state index in [-0.39, 0.29) is 0 Å². The van der Waals surface area contributed by atoms with E-state index in [0.717, 1.165) is 13.1 Å². The van der Waals surface area contributed by atoms with Gasteiger partial charge in [-0.25, -0.2) is 0 Å². The molecule has 92 valence electrons. The fourth-order valence-electron chi connectivity index (χ4n) is 1.85. The molecule has 0 fully saturated rings. The third kappa shape index (κ3) is 3.25. The Labute approximate surface area is 103 Å². The lowest BCUT2D eigenvalue weighted by molar-refractivity contribution is 0.487. The molecule has 0 spiro atoms. The van der Waals surface area contributed by atoms with Crippen LogP contribution in [0.3, 0.4) is 0 Å². The van der Waals surface area contributed by atoms with Gasteiger partial charge >= 0.3 is 0 Å². The molecule has 16 heavy (non-hydrogen) atoms. The molecule has 1 heterocycles. The molecule has 0 aliphatic heterocycles. The highest BCUT2D eigenvalue weighted by atomic mass is 32.2. The predicted molar refractivity (Wildman–Crippen MR) is 71.7 cm³/mol. The maximum Gasteiger partial charge on any atom is 0.0518 e. The second kappa shape index (κ2) is 6.30. The van der Waals surface area contributed by atoms with Crippen LogP contribution in [0.4, 0.5) is 0 Å². The summed E-state index contributed by atoms with van der Waals surface area (Å²) in [4.78, 5) is 0. The molecule has 1 aromatic rings. The lowest BCUT2D eigenvalue weighted by Crippen LogP contribution is -2.36. The van der Waals surface area contributed by atoms with Gasteiger partial charge in [0.1, 0.15) is 0 Å². The minimum Gasteiger partial charge on any atom is -0.310 e. The summed E-state index contributed by atoms with van der Waals surface area (Å²) in [5.41, 5.74) is 1.24. The van der Waals surface area contributed by atoms with Crippen molar-refractivity contribution in [3.8, 4) is 0 Å². The number of nitrogens with zero attached hydrogens (tertiary/aromatic N) is 2. The quantitative estimate of drug-likeness (QED) is 0.795. The Kier molecular flexibility index (Phi) is 5.35. The summed E-state index contributed by atoms with van der Waals surface area (Å²) in [7, 11) is 1.98. The summed E-state index contributed by atoms with van der Waals surface area (Å²) < 4.78 is 2.31. The Balaban J connectivity index is 2.42. The zero-order valence-electron chi connectivity index (χ0n) is 10.8. The van der Waals surface area contributed by atoms with Crippen LogP contribution in [0, 0.1) is 0 Å². The molecule has 0 bridgehead atoms. The van der Waals surface area contributed by atoms with Gasteiger partial charge in [-0.2, -0.15) is 16.9 Å². The van der Waals surface area contributed by atoms with Gasteiger partial charge in [0.15, 0.2) is 0 Å². The number of thioether (sulfide) groups is 1. The molecule has 0 aromatic carbocycles. The second-order valence-corrected chi connectivity index (χ2v) is 5.42. The van der Waals surface area contributed by atoms with Gasteiger partial charge in [-0.05, 0) is 25.2 Å². The smallest absolute Gasteiger partial charge is 0.0518 e. The molecular weight excluding hydrogens is 218 g/mol. The van der Waals surface area contributed by atoms with Crippen molar-refractivity contribution in [1.82, 2.24) is 15.1 Å². The molecule has 1 N–H and O–H groups in total. The fraction of sp³-hybridized carbons (Fsp3) is 0.750. The molecule has 0 unspecified atom stereocenters. The van der Waals surface area contributed by atoms with E-state index in [1.54, 1.807) is 0 Å². The van der Waals surface area contributed by atoms with Gasteiger partial charge in [-0.3, -0.25) is 4.68 Å². The SMILES string of the molecule is CCC(CC)(CNCc1ccnn1C)SC. The average Bonchev–Trinajstić information content (AvgIpc) is 2.71. The van der Waals surface area contributed by atoms with Gasteiger partial charge in [0.05, 0.1) is 5.69 Å². The lowest BCUT2D eigenvalue weighted by Gasteiger charge is -2.30. The number of aryl methyl sites for hydroxylation is 1. The molecular formula is C12H23N3S. The second-order valence-electron chi connectivity index (χ2n) is 4.14. The predicted octanol–water partition coefficient (Wildman–Crippen LogP) is 2.43. The van der Waals surface area contributed by atoms with Gasteiger partial charge in [-0.1, -0.05) is 13.8 Å². The van der Waals surface area contributed by atoms with Crippen LogP contribution < -0.4 is 5.32 Å². The number of nitrogens with one attached hydrogen (secondary N) is 1. The van der Waals surface area contributed by atoms with Gasteiger partial charge in [0.25, 0.3) is 0 Å². The van der Waals surface area contributed by atoms with E-state index < -0.39 is 0 Å². The van der Waals surface area contributed by atoms with Gasteiger partial charge in [-0.15, -0.1) is 0 Å². The van der Waals surface area contributed by atoms with Crippen molar-refractivity contribution in [1.29, 1.82) is 0 Å². The average molecular weight is 241 g/mol. The van der Waals surface area contributed by atoms with E-state index in [1.807, 2.05) is 29.7 Å². The highest BCUT2D eigenvalue weighted by Crippen LogP contribution is 2.29. The maximum atomic E-state index is 4.16. The fourth-order valence-corrected chi connectivity index (χ4v) is 2.68. The van der Waals surface area contributed by atoms with Crippen molar-refractivity contribution in [2.75, 3.05) is 12.8 Å². The van der Waals surface area contributed by atoms with Crippen LogP contribution in [0.5, 0.6) is 0 Å². The molecule has 1 aromatic heterocycles. The molecule has 0 saturated carbocycles. The first-order valence-corrected chi connectivity index (χ1v) is 7.12. The zero-order chi connectivity index (χ0) is 12.0. The first-order chi connectivity index (χ1) is 7.67. The van der Waals surface area contributed by atoms with Crippen LogP contribution in [0.2, 0.25) is 0 Å². The molecule has 0 aliphatic rings. The van der Waals surface area contributed by atoms with E-state index in [0.29, 0.717) is 4.75 Å². The van der Waals surface area contributed by atoms with E-state index in [9.17, 15) is 0 Å². The Morgan fingerprint density at radius 3 is 2.56 bits per heavy atom. The van der Waals surface area contributed by atoms with Crippen LogP contribution in [-0.4, -0.2) is 27.3 Å². The number of hydrogen-bond donors (Lipinski definition) is 1. The molecule has 0 saturated heterocycles. The van der Waals surface area contributed by atoms with Crippen molar-refractivity contribution < 1.29 is 0 Å². The molecule has 1 rings (SSSR count). The van der Waals surface area contributed by atoms with E-state index in [4.69, 9.17) is 0 Å². The van der Waals surface area contributed by atoms with Crippen LogP contribution in [0.15, 0.2) is 12.3 Å². The first-order valence-electron chi connectivity index (χ1n) is 5.90. The van der Waals surface area contributed by atoms with E-state index >= 15 is 0 Å². The summed E-state index contributed by atoms with van der Waals surface area (Å²) in [5.74, 6) is 0. The van der Waals surface area contributed by atoms with Gasteiger partial charge in [0.2, 0.25) is 0 Å². The molecule has 3 nitrogen and oxygen atoms in total. The van der Waals surface area contributed by atoms with Crippen molar-refractivity contribution >= 4 is 11.8 Å². The Hall–Kier alpha value is -0.480.